The van der Waals surface area contributed by atoms with Gasteiger partial charge in [0, 0.05) is 11.4 Å². The molecular formula is C21H16N4O3S. The quantitative estimate of drug-likeness (QED) is 0.485. The summed E-state index contributed by atoms with van der Waals surface area (Å²) in [5, 5.41) is 2.80. The summed E-state index contributed by atoms with van der Waals surface area (Å²) in [6, 6.07) is 20.8. The van der Waals surface area contributed by atoms with Gasteiger partial charge in [0.05, 0.1) is 15.9 Å². The van der Waals surface area contributed by atoms with Crippen molar-refractivity contribution in [3.05, 3.63) is 84.2 Å². The van der Waals surface area contributed by atoms with Crippen LogP contribution in [-0.4, -0.2) is 24.3 Å². The number of H-pyrrole nitrogens is 1. The summed E-state index contributed by atoms with van der Waals surface area (Å²) in [5.41, 5.74) is 3.19. The van der Waals surface area contributed by atoms with Gasteiger partial charge in [-0.15, -0.1) is 0 Å². The van der Waals surface area contributed by atoms with Gasteiger partial charge < -0.3 is 10.3 Å². The Kier molecular flexibility index (Phi) is 3.88. The summed E-state index contributed by atoms with van der Waals surface area (Å²) < 4.78 is 28.2. The molecule has 3 aromatic carbocycles. The number of carbonyl (C=O) groups excluding carboxylic acids is 1. The van der Waals surface area contributed by atoms with Crippen molar-refractivity contribution in [1.82, 2.24) is 9.97 Å². The predicted molar refractivity (Wildman–Crippen MR) is 110 cm³/mol. The van der Waals surface area contributed by atoms with Gasteiger partial charge in [-0.1, -0.05) is 30.3 Å². The van der Waals surface area contributed by atoms with Crippen LogP contribution in [0.25, 0.3) is 11.0 Å². The molecule has 7 nitrogen and oxygen atoms in total. The van der Waals surface area contributed by atoms with E-state index in [9.17, 15) is 13.2 Å². The van der Waals surface area contributed by atoms with Gasteiger partial charge in [-0.25, -0.2) is 13.4 Å². The van der Waals surface area contributed by atoms with Crippen LogP contribution in [0, 0.1) is 0 Å². The topological polar surface area (TPSA) is 104 Å². The highest BCUT2D eigenvalue weighted by molar-refractivity contribution is 7.92. The zero-order valence-electron chi connectivity index (χ0n) is 15.1. The number of anilines is 2. The third-order valence-corrected chi connectivity index (χ3v) is 6.25. The molecule has 1 unspecified atom stereocenters. The van der Waals surface area contributed by atoms with Crippen molar-refractivity contribution >= 4 is 38.3 Å². The molecule has 29 heavy (non-hydrogen) atoms. The molecule has 0 saturated carbocycles. The molecule has 8 heteroatoms. The fourth-order valence-corrected chi connectivity index (χ4v) is 4.60. The van der Waals surface area contributed by atoms with E-state index in [-0.39, 0.29) is 10.8 Å². The lowest BCUT2D eigenvalue weighted by Gasteiger charge is -2.10. The van der Waals surface area contributed by atoms with Gasteiger partial charge >= 0.3 is 0 Å². The number of amides is 1. The number of rotatable bonds is 4. The molecule has 1 aromatic heterocycles. The van der Waals surface area contributed by atoms with Crippen molar-refractivity contribution in [2.45, 2.75) is 10.8 Å². The molecule has 4 aromatic rings. The summed E-state index contributed by atoms with van der Waals surface area (Å²) in [6.07, 6.45) is 0. The summed E-state index contributed by atoms with van der Waals surface area (Å²) >= 11 is 0. The van der Waals surface area contributed by atoms with E-state index in [0.29, 0.717) is 22.8 Å². The first-order valence-electron chi connectivity index (χ1n) is 8.99. The summed E-state index contributed by atoms with van der Waals surface area (Å²) in [4.78, 5) is 20.4. The number of sulfonamides is 1. The van der Waals surface area contributed by atoms with Crippen molar-refractivity contribution < 1.29 is 13.2 Å². The molecule has 1 amide bonds. The van der Waals surface area contributed by atoms with Crippen molar-refractivity contribution in [3.63, 3.8) is 0 Å². The molecule has 0 spiro atoms. The average molecular weight is 404 g/mol. The smallest absolute Gasteiger partial charge is 0.261 e. The van der Waals surface area contributed by atoms with Crippen molar-refractivity contribution in [2.24, 2.45) is 0 Å². The van der Waals surface area contributed by atoms with Gasteiger partial charge in [-0.2, -0.15) is 0 Å². The SMILES string of the molecule is O=C1Nc2ccc(S(=O)(=O)Nc3ccccc3)cc2C1c1nc2ccccc2[nH]1. The number of imidazole rings is 1. The highest BCUT2D eigenvalue weighted by Gasteiger charge is 2.35. The van der Waals surface area contributed by atoms with E-state index in [1.54, 1.807) is 30.3 Å². The van der Waals surface area contributed by atoms with Gasteiger partial charge in [0.15, 0.2) is 0 Å². The number of carbonyl (C=O) groups is 1. The van der Waals surface area contributed by atoms with Crippen LogP contribution < -0.4 is 10.0 Å². The summed E-state index contributed by atoms with van der Waals surface area (Å²) in [6.45, 7) is 0. The molecule has 1 aliphatic rings. The number of hydrogen-bond donors (Lipinski definition) is 3. The standard InChI is InChI=1S/C21H16N4O3S/c26-21-19(20-22-17-8-4-5-9-18(17)23-20)15-12-14(10-11-16(15)24-21)29(27,28)25-13-6-2-1-3-7-13/h1-12,19,25H,(H,22,23)(H,24,26). The Labute approximate surface area is 166 Å². The second-order valence-corrected chi connectivity index (χ2v) is 8.46. The number of benzene rings is 3. The number of fused-ring (bicyclic) bond motifs is 2. The lowest BCUT2D eigenvalue weighted by atomic mass is 10.0. The molecular weight excluding hydrogens is 388 g/mol. The van der Waals surface area contributed by atoms with E-state index in [4.69, 9.17) is 0 Å². The molecule has 5 rings (SSSR count). The number of nitrogens with zero attached hydrogens (tertiary/aromatic N) is 1. The van der Waals surface area contributed by atoms with Crippen molar-refractivity contribution in [1.29, 1.82) is 0 Å². The van der Waals surface area contributed by atoms with Gasteiger partial charge in [-0.3, -0.25) is 9.52 Å². The molecule has 0 aliphatic carbocycles. The van der Waals surface area contributed by atoms with E-state index < -0.39 is 15.9 Å². The first-order chi connectivity index (χ1) is 14.0. The predicted octanol–water partition coefficient (Wildman–Crippen LogP) is 3.45. The number of aromatic amines is 1. The second-order valence-electron chi connectivity index (χ2n) is 6.78. The van der Waals surface area contributed by atoms with E-state index >= 15 is 0 Å². The average Bonchev–Trinajstić information content (AvgIpc) is 3.27. The third-order valence-electron chi connectivity index (χ3n) is 4.87. The van der Waals surface area contributed by atoms with Crippen LogP contribution in [0.5, 0.6) is 0 Å². The Morgan fingerprint density at radius 1 is 0.931 bits per heavy atom. The zero-order chi connectivity index (χ0) is 20.0. The van der Waals surface area contributed by atoms with E-state index in [1.165, 1.54) is 12.1 Å². The maximum absolute atomic E-state index is 12.8. The maximum Gasteiger partial charge on any atom is 0.261 e. The maximum atomic E-state index is 12.8. The van der Waals surface area contributed by atoms with Crippen molar-refractivity contribution in [2.75, 3.05) is 10.0 Å². The molecule has 1 aliphatic heterocycles. The number of para-hydroxylation sites is 3. The molecule has 1 atom stereocenters. The van der Waals surface area contributed by atoms with Crippen LogP contribution in [-0.2, 0) is 14.8 Å². The normalized spacial score (nSPS) is 15.9. The highest BCUT2D eigenvalue weighted by atomic mass is 32.2. The van der Waals surface area contributed by atoms with Crippen LogP contribution in [0.15, 0.2) is 77.7 Å². The van der Waals surface area contributed by atoms with E-state index in [0.717, 1.165) is 11.0 Å². The number of nitrogens with one attached hydrogen (secondary N) is 3. The molecule has 0 fully saturated rings. The first kappa shape index (κ1) is 17.4. The molecule has 0 bridgehead atoms. The fourth-order valence-electron chi connectivity index (χ4n) is 3.51. The highest BCUT2D eigenvalue weighted by Crippen LogP contribution is 2.38. The van der Waals surface area contributed by atoms with Crippen LogP contribution in [0.4, 0.5) is 11.4 Å². The van der Waals surface area contributed by atoms with E-state index in [2.05, 4.69) is 20.0 Å². The Hall–Kier alpha value is -3.65. The number of hydrogen-bond acceptors (Lipinski definition) is 4. The summed E-state index contributed by atoms with van der Waals surface area (Å²) in [5.74, 6) is -0.470. The Bertz CT molecular complexity index is 1310. The minimum absolute atomic E-state index is 0.0812. The van der Waals surface area contributed by atoms with Gasteiger partial charge in [0.2, 0.25) is 5.91 Å². The zero-order valence-corrected chi connectivity index (χ0v) is 15.9. The van der Waals surface area contributed by atoms with Crippen LogP contribution in [0.1, 0.15) is 17.3 Å². The fraction of sp³-hybridized carbons (Fsp3) is 0.0476. The van der Waals surface area contributed by atoms with Gasteiger partial charge in [-0.05, 0) is 48.0 Å². The minimum Gasteiger partial charge on any atom is -0.341 e. The largest absolute Gasteiger partial charge is 0.341 e. The lowest BCUT2D eigenvalue weighted by Crippen LogP contribution is -2.15. The molecule has 0 saturated heterocycles. The van der Waals surface area contributed by atoms with Crippen LogP contribution in [0.2, 0.25) is 0 Å². The number of aromatic nitrogens is 2. The Morgan fingerprint density at radius 2 is 1.69 bits per heavy atom. The minimum atomic E-state index is -3.80. The molecule has 144 valence electrons. The summed E-state index contributed by atoms with van der Waals surface area (Å²) in [7, 11) is -3.80. The lowest BCUT2D eigenvalue weighted by molar-refractivity contribution is -0.116. The molecule has 3 N–H and O–H groups in total. The van der Waals surface area contributed by atoms with Crippen molar-refractivity contribution in [3.8, 4) is 0 Å². The van der Waals surface area contributed by atoms with Crippen LogP contribution in [0.3, 0.4) is 0 Å². The van der Waals surface area contributed by atoms with Gasteiger partial charge in [0.1, 0.15) is 11.7 Å². The monoisotopic (exact) mass is 404 g/mol. The van der Waals surface area contributed by atoms with Gasteiger partial charge in [0.25, 0.3) is 10.0 Å². The first-order valence-corrected chi connectivity index (χ1v) is 10.5. The molecule has 2 heterocycles. The Balaban J connectivity index is 1.56. The third kappa shape index (κ3) is 3.03. The van der Waals surface area contributed by atoms with E-state index in [1.807, 2.05) is 30.3 Å². The van der Waals surface area contributed by atoms with Crippen LogP contribution >= 0.6 is 0 Å². The Morgan fingerprint density at radius 3 is 2.48 bits per heavy atom. The molecule has 0 radical (unpaired) electrons. The second kappa shape index (κ2) is 6.46.